The molecular formula is C9H15N3Si. The highest BCUT2D eigenvalue weighted by molar-refractivity contribution is 6.81. The maximum absolute atomic E-state index is 3.93. The lowest BCUT2D eigenvalue weighted by atomic mass is 10.4. The van der Waals surface area contributed by atoms with Crippen molar-refractivity contribution in [3.63, 3.8) is 0 Å². The third-order valence-electron chi connectivity index (χ3n) is 2.78. The van der Waals surface area contributed by atoms with Crippen molar-refractivity contribution in [3.8, 4) is 0 Å². The molecule has 13 heavy (non-hydrogen) atoms. The van der Waals surface area contributed by atoms with Crippen molar-refractivity contribution in [2.24, 2.45) is 0 Å². The predicted octanol–water partition coefficient (Wildman–Crippen LogP) is 1.89. The molecule has 1 fully saturated rings. The molecule has 1 saturated heterocycles. The topological polar surface area (TPSA) is 29.0 Å². The van der Waals surface area contributed by atoms with Crippen LogP contribution in [0.15, 0.2) is 18.5 Å². The summed E-state index contributed by atoms with van der Waals surface area (Å²) in [7, 11) is -1.14. The fraction of sp³-hybridized carbons (Fsp3) is 0.556. The summed E-state index contributed by atoms with van der Waals surface area (Å²) in [5, 5.41) is 7.73. The number of nitrogens with zero attached hydrogens (tertiary/aromatic N) is 3. The van der Waals surface area contributed by atoms with E-state index in [-0.39, 0.29) is 0 Å². The molecule has 4 heteroatoms. The van der Waals surface area contributed by atoms with Gasteiger partial charge < -0.3 is 4.57 Å². The van der Waals surface area contributed by atoms with Gasteiger partial charge in [-0.2, -0.15) is 10.2 Å². The minimum Gasteiger partial charge on any atom is -0.396 e. The second kappa shape index (κ2) is 3.10. The Bertz CT molecular complexity index is 286. The molecule has 0 atom stereocenters. The predicted molar refractivity (Wildman–Crippen MR) is 56.3 cm³/mol. The highest BCUT2D eigenvalue weighted by Crippen LogP contribution is 2.30. The highest BCUT2D eigenvalue weighted by atomic mass is 28.3. The molecule has 2 rings (SSSR count). The van der Waals surface area contributed by atoms with E-state index in [9.17, 15) is 0 Å². The first kappa shape index (κ1) is 8.68. The molecule has 0 spiro atoms. The molecule has 0 radical (unpaired) electrons. The zero-order valence-corrected chi connectivity index (χ0v) is 9.20. The van der Waals surface area contributed by atoms with Gasteiger partial charge in [0.25, 0.3) is 0 Å². The van der Waals surface area contributed by atoms with Gasteiger partial charge in [-0.15, -0.1) is 0 Å². The van der Waals surface area contributed by atoms with Gasteiger partial charge in [-0.05, 0) is 18.5 Å². The Morgan fingerprint density at radius 3 is 2.77 bits per heavy atom. The SMILES string of the molecule is C[Si]1(C)CCCN1c1ccnnc1. The van der Waals surface area contributed by atoms with Crippen LogP contribution in [0.4, 0.5) is 5.69 Å². The van der Waals surface area contributed by atoms with Crippen molar-refractivity contribution in [2.45, 2.75) is 25.6 Å². The lowest BCUT2D eigenvalue weighted by Gasteiger charge is -2.31. The Morgan fingerprint density at radius 2 is 2.23 bits per heavy atom. The van der Waals surface area contributed by atoms with Gasteiger partial charge in [0.1, 0.15) is 0 Å². The molecule has 0 saturated carbocycles. The van der Waals surface area contributed by atoms with Crippen LogP contribution in [0.2, 0.25) is 19.1 Å². The molecule has 0 bridgehead atoms. The van der Waals surface area contributed by atoms with E-state index in [4.69, 9.17) is 0 Å². The summed E-state index contributed by atoms with van der Waals surface area (Å²) in [5.41, 5.74) is 1.25. The van der Waals surface area contributed by atoms with Crippen LogP contribution >= 0.6 is 0 Å². The van der Waals surface area contributed by atoms with Gasteiger partial charge in [-0.3, -0.25) is 0 Å². The van der Waals surface area contributed by atoms with Crippen LogP contribution in [0, 0.1) is 0 Å². The molecule has 3 nitrogen and oxygen atoms in total. The maximum atomic E-state index is 3.93. The van der Waals surface area contributed by atoms with E-state index >= 15 is 0 Å². The van der Waals surface area contributed by atoms with Crippen LogP contribution in [0.25, 0.3) is 0 Å². The van der Waals surface area contributed by atoms with Gasteiger partial charge in [0.15, 0.2) is 8.24 Å². The molecule has 2 heterocycles. The first-order chi connectivity index (χ1) is 6.20. The number of hydrogen-bond donors (Lipinski definition) is 0. The fourth-order valence-corrected chi connectivity index (χ4v) is 4.92. The van der Waals surface area contributed by atoms with E-state index in [1.165, 1.54) is 24.7 Å². The average molecular weight is 193 g/mol. The molecule has 0 amide bonds. The van der Waals surface area contributed by atoms with E-state index in [0.717, 1.165) is 0 Å². The molecule has 1 aliphatic heterocycles. The van der Waals surface area contributed by atoms with Crippen molar-refractivity contribution in [1.82, 2.24) is 10.2 Å². The third-order valence-corrected chi connectivity index (χ3v) is 6.30. The average Bonchev–Trinajstić information content (AvgIpc) is 2.47. The fourth-order valence-electron chi connectivity index (χ4n) is 2.03. The van der Waals surface area contributed by atoms with Crippen LogP contribution < -0.4 is 4.57 Å². The molecule has 0 aliphatic carbocycles. The lowest BCUT2D eigenvalue weighted by molar-refractivity contribution is 0.961. The van der Waals surface area contributed by atoms with E-state index in [1.807, 2.05) is 6.20 Å². The minimum atomic E-state index is -1.14. The van der Waals surface area contributed by atoms with E-state index in [2.05, 4.69) is 33.9 Å². The smallest absolute Gasteiger partial charge is 0.150 e. The van der Waals surface area contributed by atoms with Gasteiger partial charge in [0.2, 0.25) is 0 Å². The van der Waals surface area contributed by atoms with E-state index in [0.29, 0.717) is 0 Å². The summed E-state index contributed by atoms with van der Waals surface area (Å²) in [5.74, 6) is 0. The number of rotatable bonds is 1. The van der Waals surface area contributed by atoms with E-state index in [1.54, 1.807) is 6.20 Å². The van der Waals surface area contributed by atoms with Gasteiger partial charge in [-0.1, -0.05) is 13.1 Å². The first-order valence-corrected chi connectivity index (χ1v) is 7.90. The van der Waals surface area contributed by atoms with Crippen LogP contribution in [-0.2, 0) is 0 Å². The minimum absolute atomic E-state index is 1.14. The molecule has 1 aliphatic rings. The Labute approximate surface area is 79.9 Å². The van der Waals surface area contributed by atoms with Crippen LogP contribution in [0.5, 0.6) is 0 Å². The second-order valence-corrected chi connectivity index (χ2v) is 8.83. The van der Waals surface area contributed by atoms with Crippen molar-refractivity contribution >= 4 is 13.9 Å². The normalized spacial score (nSPS) is 20.6. The maximum Gasteiger partial charge on any atom is 0.150 e. The lowest BCUT2D eigenvalue weighted by Crippen LogP contribution is -2.43. The molecule has 1 aromatic heterocycles. The van der Waals surface area contributed by atoms with Gasteiger partial charge >= 0.3 is 0 Å². The van der Waals surface area contributed by atoms with Crippen LogP contribution in [0.3, 0.4) is 0 Å². The molecule has 0 aromatic carbocycles. The van der Waals surface area contributed by atoms with Crippen molar-refractivity contribution < 1.29 is 0 Å². The molecule has 70 valence electrons. The van der Waals surface area contributed by atoms with Crippen LogP contribution in [-0.4, -0.2) is 25.0 Å². The molecule has 0 N–H and O–H groups in total. The summed E-state index contributed by atoms with van der Waals surface area (Å²) in [6, 6.07) is 3.46. The largest absolute Gasteiger partial charge is 0.396 e. The van der Waals surface area contributed by atoms with Crippen LogP contribution in [0.1, 0.15) is 6.42 Å². The number of hydrogen-bond acceptors (Lipinski definition) is 3. The number of aromatic nitrogens is 2. The monoisotopic (exact) mass is 193 g/mol. The Balaban J connectivity index is 2.27. The van der Waals surface area contributed by atoms with Gasteiger partial charge in [0, 0.05) is 6.54 Å². The van der Waals surface area contributed by atoms with Crippen molar-refractivity contribution in [2.75, 3.05) is 11.1 Å². The molecular weight excluding hydrogens is 178 g/mol. The van der Waals surface area contributed by atoms with Crippen molar-refractivity contribution in [3.05, 3.63) is 18.5 Å². The Kier molecular flexibility index (Phi) is 2.07. The molecule has 0 unspecified atom stereocenters. The summed E-state index contributed by atoms with van der Waals surface area (Å²) in [6.07, 6.45) is 4.99. The first-order valence-electron chi connectivity index (χ1n) is 4.74. The quantitative estimate of drug-likeness (QED) is 0.638. The van der Waals surface area contributed by atoms with Gasteiger partial charge in [-0.25, -0.2) is 0 Å². The standard InChI is InChI=1S/C9H15N3Si/c1-13(2)7-3-6-12(13)9-4-5-10-11-8-9/h4-5,8H,3,6-7H2,1-2H3. The third kappa shape index (κ3) is 1.58. The summed E-state index contributed by atoms with van der Waals surface area (Å²) in [6.45, 7) is 6.03. The summed E-state index contributed by atoms with van der Waals surface area (Å²) in [4.78, 5) is 0. The summed E-state index contributed by atoms with van der Waals surface area (Å²) < 4.78 is 2.54. The highest BCUT2D eigenvalue weighted by Gasteiger charge is 2.34. The molecule has 1 aromatic rings. The van der Waals surface area contributed by atoms with Crippen molar-refractivity contribution in [1.29, 1.82) is 0 Å². The summed E-state index contributed by atoms with van der Waals surface area (Å²) >= 11 is 0. The number of anilines is 1. The zero-order valence-electron chi connectivity index (χ0n) is 8.20. The Hall–Kier alpha value is -0.903. The van der Waals surface area contributed by atoms with Gasteiger partial charge in [0.05, 0.1) is 18.1 Å². The Morgan fingerprint density at radius 1 is 1.38 bits per heavy atom. The van der Waals surface area contributed by atoms with E-state index < -0.39 is 8.24 Å². The zero-order chi connectivity index (χ0) is 9.31. The second-order valence-electron chi connectivity index (χ2n) is 4.17.